The number of carbonyl (C=O) groups excluding carboxylic acids is 1. The summed E-state index contributed by atoms with van der Waals surface area (Å²) in [5.41, 5.74) is 7.28. The van der Waals surface area contributed by atoms with Gasteiger partial charge in [-0.1, -0.05) is 26.0 Å². The molecule has 1 atom stereocenters. The molecule has 0 unspecified atom stereocenters. The molecular weight excluding hydrogens is 254 g/mol. The Labute approximate surface area is 117 Å². The van der Waals surface area contributed by atoms with E-state index in [0.717, 1.165) is 11.4 Å². The lowest BCUT2D eigenvalue weighted by Gasteiger charge is -2.16. The monoisotopic (exact) mass is 273 g/mol. The van der Waals surface area contributed by atoms with E-state index in [4.69, 9.17) is 5.73 Å². The van der Waals surface area contributed by atoms with E-state index in [1.54, 1.807) is 0 Å². The van der Waals surface area contributed by atoms with E-state index in [9.17, 15) is 4.79 Å². The smallest absolute Gasteiger partial charge is 0.241 e. The van der Waals surface area contributed by atoms with E-state index < -0.39 is 6.04 Å². The van der Waals surface area contributed by atoms with Crippen LogP contribution in [0.15, 0.2) is 24.3 Å². The molecule has 1 aromatic heterocycles. The molecule has 0 saturated carbocycles. The van der Waals surface area contributed by atoms with Crippen LogP contribution in [0.4, 0.5) is 5.69 Å². The number of aromatic amines is 1. The lowest BCUT2D eigenvalue weighted by molar-refractivity contribution is -0.118. The molecule has 106 valence electrons. The Morgan fingerprint density at radius 3 is 2.65 bits per heavy atom. The summed E-state index contributed by atoms with van der Waals surface area (Å²) in [4.78, 5) is 16.3. The molecule has 6 heteroatoms. The van der Waals surface area contributed by atoms with Gasteiger partial charge in [-0.05, 0) is 25.0 Å². The highest BCUT2D eigenvalue weighted by Crippen LogP contribution is 2.25. The quantitative estimate of drug-likeness (QED) is 0.790. The molecule has 0 bridgehead atoms. The topological polar surface area (TPSA) is 96.7 Å². The molecule has 4 N–H and O–H groups in total. The molecule has 0 aliphatic carbocycles. The number of hydrogen-bond acceptors (Lipinski definition) is 4. The lowest BCUT2D eigenvalue weighted by Crippen LogP contribution is -2.39. The number of para-hydroxylation sites is 1. The van der Waals surface area contributed by atoms with E-state index in [1.165, 1.54) is 0 Å². The van der Waals surface area contributed by atoms with Crippen LogP contribution < -0.4 is 11.1 Å². The van der Waals surface area contributed by atoms with Gasteiger partial charge in [-0.3, -0.25) is 9.89 Å². The van der Waals surface area contributed by atoms with E-state index in [-0.39, 0.29) is 11.8 Å². The Morgan fingerprint density at radius 2 is 2.05 bits per heavy atom. The van der Waals surface area contributed by atoms with Crippen molar-refractivity contribution < 1.29 is 4.79 Å². The highest BCUT2D eigenvalue weighted by molar-refractivity contribution is 5.97. The summed E-state index contributed by atoms with van der Waals surface area (Å²) < 4.78 is 0. The van der Waals surface area contributed by atoms with Crippen molar-refractivity contribution in [1.29, 1.82) is 0 Å². The van der Waals surface area contributed by atoms with Crippen molar-refractivity contribution in [1.82, 2.24) is 15.2 Å². The zero-order chi connectivity index (χ0) is 14.7. The Kier molecular flexibility index (Phi) is 4.14. The molecule has 1 heterocycles. The van der Waals surface area contributed by atoms with Gasteiger partial charge < -0.3 is 11.1 Å². The summed E-state index contributed by atoms with van der Waals surface area (Å²) >= 11 is 0. The molecule has 6 nitrogen and oxygen atoms in total. The number of rotatable bonds is 4. The molecule has 0 spiro atoms. The van der Waals surface area contributed by atoms with Crippen LogP contribution in [-0.4, -0.2) is 27.1 Å². The van der Waals surface area contributed by atoms with Gasteiger partial charge in [0, 0.05) is 5.56 Å². The molecule has 2 rings (SSSR count). The third-order valence-electron chi connectivity index (χ3n) is 3.04. The number of benzene rings is 1. The summed E-state index contributed by atoms with van der Waals surface area (Å²) in [5.74, 6) is 1.14. The fraction of sp³-hybridized carbons (Fsp3) is 0.357. The summed E-state index contributed by atoms with van der Waals surface area (Å²) in [6.45, 7) is 5.65. The number of aromatic nitrogens is 3. The van der Waals surface area contributed by atoms with Gasteiger partial charge >= 0.3 is 0 Å². The van der Waals surface area contributed by atoms with Crippen LogP contribution in [0, 0.1) is 12.8 Å². The molecule has 2 aromatic rings. The van der Waals surface area contributed by atoms with Crippen molar-refractivity contribution >= 4 is 11.6 Å². The van der Waals surface area contributed by atoms with E-state index >= 15 is 0 Å². The maximum Gasteiger partial charge on any atom is 0.241 e. The number of hydrogen-bond donors (Lipinski definition) is 3. The SMILES string of the molecule is Cc1nc(-c2ccccc2NC(=O)[C@H](N)C(C)C)n[nH]1. The van der Waals surface area contributed by atoms with Crippen LogP contribution in [0.25, 0.3) is 11.4 Å². The van der Waals surface area contributed by atoms with Crippen LogP contribution >= 0.6 is 0 Å². The number of carbonyl (C=O) groups is 1. The van der Waals surface area contributed by atoms with Crippen molar-refractivity contribution in [2.75, 3.05) is 5.32 Å². The van der Waals surface area contributed by atoms with Gasteiger partial charge in [-0.2, -0.15) is 5.10 Å². The molecule has 0 radical (unpaired) electrons. The van der Waals surface area contributed by atoms with Crippen molar-refractivity contribution in [2.24, 2.45) is 11.7 Å². The van der Waals surface area contributed by atoms with Crippen LogP contribution in [0.1, 0.15) is 19.7 Å². The second kappa shape index (κ2) is 5.83. The molecular formula is C14H19N5O. The van der Waals surface area contributed by atoms with E-state index in [1.807, 2.05) is 45.0 Å². The summed E-state index contributed by atoms with van der Waals surface area (Å²) in [5, 5.41) is 9.75. The normalized spacial score (nSPS) is 12.4. The predicted octanol–water partition coefficient (Wildman–Crippen LogP) is 1.70. The van der Waals surface area contributed by atoms with Crippen molar-refractivity contribution in [3.8, 4) is 11.4 Å². The highest BCUT2D eigenvalue weighted by atomic mass is 16.2. The van der Waals surface area contributed by atoms with Crippen molar-refractivity contribution in [2.45, 2.75) is 26.8 Å². The van der Waals surface area contributed by atoms with Crippen molar-refractivity contribution in [3.63, 3.8) is 0 Å². The molecule has 0 saturated heterocycles. The van der Waals surface area contributed by atoms with Crippen LogP contribution in [-0.2, 0) is 4.79 Å². The number of nitrogens with two attached hydrogens (primary N) is 1. The maximum absolute atomic E-state index is 12.1. The standard InChI is InChI=1S/C14H19N5O/c1-8(2)12(15)14(20)17-11-7-5-4-6-10(11)13-16-9(3)18-19-13/h4-8,12H,15H2,1-3H3,(H,17,20)(H,16,18,19)/t12-/m1/s1. The molecule has 1 aromatic carbocycles. The fourth-order valence-corrected chi connectivity index (χ4v) is 1.77. The number of H-pyrrole nitrogens is 1. The average molecular weight is 273 g/mol. The van der Waals surface area contributed by atoms with Gasteiger partial charge in [0.15, 0.2) is 5.82 Å². The number of nitrogens with one attached hydrogen (secondary N) is 2. The third-order valence-corrected chi connectivity index (χ3v) is 3.04. The summed E-state index contributed by atoms with van der Waals surface area (Å²) in [6.07, 6.45) is 0. The maximum atomic E-state index is 12.1. The van der Waals surface area contributed by atoms with Gasteiger partial charge in [0.1, 0.15) is 5.82 Å². The van der Waals surface area contributed by atoms with Gasteiger partial charge in [-0.15, -0.1) is 0 Å². The van der Waals surface area contributed by atoms with Gasteiger partial charge in [0.2, 0.25) is 5.91 Å². The largest absolute Gasteiger partial charge is 0.324 e. The fourth-order valence-electron chi connectivity index (χ4n) is 1.77. The summed E-state index contributed by atoms with van der Waals surface area (Å²) in [7, 11) is 0. The first-order valence-electron chi connectivity index (χ1n) is 6.54. The Hall–Kier alpha value is -2.21. The minimum absolute atomic E-state index is 0.0768. The molecule has 0 aliphatic rings. The molecule has 0 aliphatic heterocycles. The lowest BCUT2D eigenvalue weighted by atomic mass is 10.0. The second-order valence-electron chi connectivity index (χ2n) is 5.05. The minimum atomic E-state index is -0.545. The van der Waals surface area contributed by atoms with E-state index in [2.05, 4.69) is 20.5 Å². The molecule has 1 amide bonds. The first-order chi connectivity index (χ1) is 9.49. The molecule has 0 fully saturated rings. The highest BCUT2D eigenvalue weighted by Gasteiger charge is 2.19. The number of amides is 1. The predicted molar refractivity (Wildman–Crippen MR) is 78.0 cm³/mol. The Morgan fingerprint density at radius 1 is 1.35 bits per heavy atom. The third kappa shape index (κ3) is 3.03. The zero-order valence-corrected chi connectivity index (χ0v) is 11.8. The summed E-state index contributed by atoms with van der Waals surface area (Å²) in [6, 6.07) is 6.85. The van der Waals surface area contributed by atoms with Crippen LogP contribution in [0.3, 0.4) is 0 Å². The molecule has 20 heavy (non-hydrogen) atoms. The van der Waals surface area contributed by atoms with Gasteiger partial charge in [0.25, 0.3) is 0 Å². The van der Waals surface area contributed by atoms with E-state index in [0.29, 0.717) is 11.5 Å². The minimum Gasteiger partial charge on any atom is -0.324 e. The Balaban J connectivity index is 2.27. The van der Waals surface area contributed by atoms with Crippen LogP contribution in [0.5, 0.6) is 0 Å². The number of aryl methyl sites for hydroxylation is 1. The first-order valence-corrected chi connectivity index (χ1v) is 6.54. The second-order valence-corrected chi connectivity index (χ2v) is 5.05. The number of nitrogens with zero attached hydrogens (tertiary/aromatic N) is 2. The van der Waals surface area contributed by atoms with Crippen molar-refractivity contribution in [3.05, 3.63) is 30.1 Å². The first kappa shape index (κ1) is 14.2. The van der Waals surface area contributed by atoms with Gasteiger partial charge in [0.05, 0.1) is 11.7 Å². The van der Waals surface area contributed by atoms with Crippen LogP contribution in [0.2, 0.25) is 0 Å². The average Bonchev–Trinajstić information content (AvgIpc) is 2.84. The number of anilines is 1. The van der Waals surface area contributed by atoms with Gasteiger partial charge in [-0.25, -0.2) is 4.98 Å². The Bertz CT molecular complexity index is 605. The zero-order valence-electron chi connectivity index (χ0n) is 11.8.